The molecule has 2 aromatic carbocycles. The zero-order chi connectivity index (χ0) is 42.7. The molecule has 1 saturated heterocycles. The van der Waals surface area contributed by atoms with Crippen molar-refractivity contribution in [1.29, 1.82) is 0 Å². The van der Waals surface area contributed by atoms with E-state index in [0.717, 1.165) is 6.92 Å². The van der Waals surface area contributed by atoms with Crippen molar-refractivity contribution in [3.63, 3.8) is 0 Å². The summed E-state index contributed by atoms with van der Waals surface area (Å²) in [7, 11) is 0. The molecule has 2 saturated carbocycles. The zero-order valence-electron chi connectivity index (χ0n) is 35.4. The van der Waals surface area contributed by atoms with Gasteiger partial charge in [-0.15, -0.1) is 0 Å². The fourth-order valence-electron chi connectivity index (χ4n) is 9.56. The molecule has 11 N–H and O–H groups in total. The predicted molar refractivity (Wildman–Crippen MR) is 214 cm³/mol. The Hall–Kier alpha value is -4.79. The number of carbonyl (C=O) groups excluding carboxylic acids is 5. The third kappa shape index (κ3) is 8.55. The molecule has 1 amide bonds. The molecule has 0 aromatic heterocycles. The number of carbonyl (C=O) groups is 5. The topological polar surface area (TPSA) is 319 Å². The van der Waals surface area contributed by atoms with E-state index in [1.54, 1.807) is 83.1 Å². The Morgan fingerprint density at radius 3 is 2.02 bits per heavy atom. The molecule has 338 valence electrons. The number of aliphatic hydroxyl groups excluding tert-OH is 3. The lowest BCUT2D eigenvalue weighted by Crippen LogP contribution is -2.81. The molecule has 3 aliphatic carbocycles. The molecule has 11 atom stereocenters. The van der Waals surface area contributed by atoms with Crippen molar-refractivity contribution >= 4 is 29.8 Å². The van der Waals surface area contributed by atoms with Crippen LogP contribution in [-0.4, -0.2) is 127 Å². The Labute approximate surface area is 353 Å². The van der Waals surface area contributed by atoms with Crippen LogP contribution >= 0.6 is 0 Å². The van der Waals surface area contributed by atoms with Crippen molar-refractivity contribution in [3.05, 3.63) is 82.9 Å². The van der Waals surface area contributed by atoms with Gasteiger partial charge < -0.3 is 65.9 Å². The maximum absolute atomic E-state index is 14.9. The minimum absolute atomic E-state index is 0. The molecule has 61 heavy (non-hydrogen) atoms. The number of alkyl carbamates (subject to hydrolysis) is 1. The Kier molecular flexibility index (Phi) is 14.8. The van der Waals surface area contributed by atoms with E-state index in [0.29, 0.717) is 5.56 Å². The number of esters is 3. The van der Waals surface area contributed by atoms with Crippen molar-refractivity contribution in [3.8, 4) is 0 Å². The molecular weight excluding hydrogens is 802 g/mol. The lowest BCUT2D eigenvalue weighted by molar-refractivity contribution is -0.346. The summed E-state index contributed by atoms with van der Waals surface area (Å²) in [5.74, 6) is -5.36. The van der Waals surface area contributed by atoms with Gasteiger partial charge in [-0.2, -0.15) is 0 Å². The van der Waals surface area contributed by atoms with Crippen molar-refractivity contribution in [2.75, 3.05) is 6.61 Å². The van der Waals surface area contributed by atoms with Gasteiger partial charge in [0.1, 0.15) is 35.6 Å². The van der Waals surface area contributed by atoms with Crippen LogP contribution in [0.2, 0.25) is 0 Å². The van der Waals surface area contributed by atoms with Crippen molar-refractivity contribution in [1.82, 2.24) is 5.32 Å². The molecule has 2 aromatic rings. The van der Waals surface area contributed by atoms with E-state index in [9.17, 15) is 44.4 Å². The van der Waals surface area contributed by atoms with Gasteiger partial charge in [0.2, 0.25) is 0 Å². The molecule has 3 fully saturated rings. The standard InChI is InChI=1S/C43H53NO14.3H2O/c1-22-26(55-37(51)32(48)30(24-15-11-9-12-16-24)44-38(52)58-39(3,4)5)20-43(53)35(56-36(50)25-17-13-10-14-18-25)33-41(8,34(49)31(47)29(22)40(43,6)7)27(46)19-28-42(33,21-54-28)57-23(2)45;;;/h9-18,26-28,30-33,35,46-48,53H,19-21H2,1-8H3,(H,44,52);3*1H2/t26-,27-,28+,30-,31+,32+,33+,35-,41+,42-,43+;;;/m0.../s1. The maximum Gasteiger partial charge on any atom is 0.408 e. The highest BCUT2D eigenvalue weighted by molar-refractivity contribution is 5.94. The number of hydrogen-bond acceptors (Lipinski definition) is 14. The monoisotopic (exact) mass is 861 g/mol. The van der Waals surface area contributed by atoms with E-state index in [4.69, 9.17) is 23.7 Å². The number of benzene rings is 2. The number of Topliss-reactive ketones (excluding diaryl/α,β-unsaturated/α-hetero) is 1. The number of ether oxygens (including phenoxy) is 5. The van der Waals surface area contributed by atoms with Gasteiger partial charge in [0, 0.05) is 25.2 Å². The largest absolute Gasteiger partial charge is 0.456 e. The maximum atomic E-state index is 14.9. The fraction of sp³-hybridized carbons (Fsp3) is 0.558. The van der Waals surface area contributed by atoms with Crippen LogP contribution in [0.25, 0.3) is 0 Å². The van der Waals surface area contributed by atoms with E-state index in [1.807, 2.05) is 0 Å². The molecule has 18 heteroatoms. The van der Waals surface area contributed by atoms with E-state index >= 15 is 0 Å². The average Bonchev–Trinajstić information content (AvgIpc) is 3.14. The number of fused-ring (bicyclic) bond motifs is 5. The first kappa shape index (κ1) is 50.6. The lowest BCUT2D eigenvalue weighted by Gasteiger charge is -2.67. The normalized spacial score (nSPS) is 32.0. The van der Waals surface area contributed by atoms with Crippen LogP contribution in [-0.2, 0) is 38.1 Å². The molecule has 0 unspecified atom stereocenters. The summed E-state index contributed by atoms with van der Waals surface area (Å²) < 4.78 is 29.5. The van der Waals surface area contributed by atoms with Gasteiger partial charge in [-0.05, 0) is 63.5 Å². The summed E-state index contributed by atoms with van der Waals surface area (Å²) >= 11 is 0. The fourth-order valence-corrected chi connectivity index (χ4v) is 9.56. The van der Waals surface area contributed by atoms with Crippen LogP contribution in [0.3, 0.4) is 0 Å². The highest BCUT2D eigenvalue weighted by Gasteiger charge is 2.78. The van der Waals surface area contributed by atoms with Gasteiger partial charge in [-0.3, -0.25) is 9.59 Å². The van der Waals surface area contributed by atoms with Gasteiger partial charge in [0.15, 0.2) is 17.5 Å². The van der Waals surface area contributed by atoms with E-state index in [1.165, 1.54) is 26.0 Å². The molecule has 6 rings (SSSR count). The van der Waals surface area contributed by atoms with Crippen molar-refractivity contribution < 1.29 is 84.5 Å². The minimum atomic E-state index is -2.35. The highest BCUT2D eigenvalue weighted by Crippen LogP contribution is 2.64. The van der Waals surface area contributed by atoms with Crippen LogP contribution in [0, 0.1) is 16.7 Å². The molecule has 4 aliphatic rings. The third-order valence-corrected chi connectivity index (χ3v) is 12.6. The first-order valence-corrected chi connectivity index (χ1v) is 19.3. The predicted octanol–water partition coefficient (Wildman–Crippen LogP) is 0.786. The first-order chi connectivity index (χ1) is 27.0. The van der Waals surface area contributed by atoms with E-state index in [2.05, 4.69) is 5.32 Å². The van der Waals surface area contributed by atoms with E-state index < -0.39 is 112 Å². The minimum Gasteiger partial charge on any atom is -0.456 e. The Morgan fingerprint density at radius 1 is 0.918 bits per heavy atom. The third-order valence-electron chi connectivity index (χ3n) is 12.6. The molecule has 1 heterocycles. The summed E-state index contributed by atoms with van der Waals surface area (Å²) in [6.07, 6.45) is -11.5. The summed E-state index contributed by atoms with van der Waals surface area (Å²) in [6, 6.07) is 14.6. The lowest BCUT2D eigenvalue weighted by atomic mass is 9.44. The van der Waals surface area contributed by atoms with Gasteiger partial charge in [-0.1, -0.05) is 62.4 Å². The van der Waals surface area contributed by atoms with Crippen molar-refractivity contribution in [2.24, 2.45) is 16.7 Å². The van der Waals surface area contributed by atoms with Gasteiger partial charge in [0.05, 0.1) is 35.6 Å². The molecule has 0 radical (unpaired) electrons. The number of nitrogens with one attached hydrogen (secondary N) is 1. The van der Waals surface area contributed by atoms with Crippen LogP contribution < -0.4 is 5.32 Å². The van der Waals surface area contributed by atoms with E-state index in [-0.39, 0.29) is 46.2 Å². The average molecular weight is 862 g/mol. The number of amides is 1. The molecule has 2 bridgehead atoms. The number of hydrogen-bond donors (Lipinski definition) is 5. The van der Waals surface area contributed by atoms with Crippen LogP contribution in [0.5, 0.6) is 0 Å². The second-order valence-corrected chi connectivity index (χ2v) is 17.6. The summed E-state index contributed by atoms with van der Waals surface area (Å²) in [5.41, 5.74) is -8.14. The highest BCUT2D eigenvalue weighted by atomic mass is 16.6. The Bertz CT molecular complexity index is 1980. The van der Waals surface area contributed by atoms with Crippen LogP contribution in [0.1, 0.15) is 90.2 Å². The molecule has 1 aliphatic heterocycles. The second kappa shape index (κ2) is 17.9. The number of rotatable bonds is 8. The van der Waals surface area contributed by atoms with Gasteiger partial charge >= 0.3 is 24.0 Å². The summed E-state index contributed by atoms with van der Waals surface area (Å²) in [4.78, 5) is 68.9. The van der Waals surface area contributed by atoms with Crippen LogP contribution in [0.4, 0.5) is 4.79 Å². The zero-order valence-corrected chi connectivity index (χ0v) is 35.4. The quantitative estimate of drug-likeness (QED) is 0.139. The first-order valence-electron chi connectivity index (χ1n) is 19.3. The number of ketones is 1. The second-order valence-electron chi connectivity index (χ2n) is 17.6. The Balaban J connectivity index is 0.00000331. The van der Waals surface area contributed by atoms with Gasteiger partial charge in [-0.25, -0.2) is 14.4 Å². The summed E-state index contributed by atoms with van der Waals surface area (Å²) in [6.45, 7) is 11.8. The van der Waals surface area contributed by atoms with Gasteiger partial charge in [0.25, 0.3) is 0 Å². The SMILES string of the molecule is CC(=O)O[C@@]12CO[C@@H]1C[C@H](O)[C@@]1(C)C(=O)[C@H](O)C3=C(C)[C@@H](OC(=O)[C@H](O)[C@@H](NC(=O)OC(C)(C)C)c4ccccc4)C[C@@](O)([C@@H](OC(=O)c4ccccc4)[C@@H]21)C3(C)C.O.O.O. The molecule has 0 spiro atoms. The smallest absolute Gasteiger partial charge is 0.408 e. The summed E-state index contributed by atoms with van der Waals surface area (Å²) in [5, 5.41) is 51.6. The molecule has 18 nitrogen and oxygen atoms in total. The van der Waals surface area contributed by atoms with Crippen molar-refractivity contribution in [2.45, 2.75) is 128 Å². The number of aliphatic hydroxyl groups is 4. The van der Waals surface area contributed by atoms with Crippen LogP contribution in [0.15, 0.2) is 71.8 Å². The Morgan fingerprint density at radius 2 is 1.49 bits per heavy atom. The molecular formula is C43H59NO17.